The Morgan fingerprint density at radius 2 is 2.27 bits per heavy atom. The van der Waals surface area contributed by atoms with Gasteiger partial charge in [-0.25, -0.2) is 0 Å². The van der Waals surface area contributed by atoms with Gasteiger partial charge >= 0.3 is 0 Å². The van der Waals surface area contributed by atoms with Gasteiger partial charge < -0.3 is 0 Å². The van der Waals surface area contributed by atoms with Gasteiger partial charge in [0.25, 0.3) is 0 Å². The molecule has 11 heavy (non-hydrogen) atoms. The number of para-hydroxylation sites is 1. The molecule has 0 unspecified atom stereocenters. The number of rotatable bonds is 1. The van der Waals surface area contributed by atoms with E-state index in [0.717, 1.165) is 5.88 Å². The van der Waals surface area contributed by atoms with Crippen molar-refractivity contribution in [3.8, 4) is 0 Å². The van der Waals surface area contributed by atoms with Crippen molar-refractivity contribution in [2.75, 3.05) is 10.9 Å². The third-order valence-corrected chi connectivity index (χ3v) is 2.70. The van der Waals surface area contributed by atoms with Gasteiger partial charge in [0.1, 0.15) is 0 Å². The summed E-state index contributed by atoms with van der Waals surface area (Å²) in [5.74, 6) is 6.20. The first-order valence-corrected chi connectivity index (χ1v) is 4.36. The summed E-state index contributed by atoms with van der Waals surface area (Å²) in [6, 6.07) is 8.19. The van der Waals surface area contributed by atoms with E-state index >= 15 is 0 Å². The van der Waals surface area contributed by atoms with E-state index in [1.807, 2.05) is 17.1 Å². The number of nitrogens with one attached hydrogen (secondary N) is 1. The zero-order chi connectivity index (χ0) is 7.68. The molecule has 0 atom stereocenters. The van der Waals surface area contributed by atoms with Crippen LogP contribution in [0.1, 0.15) is 0 Å². The largest absolute Gasteiger partial charge is 0.284 e. The summed E-state index contributed by atoms with van der Waals surface area (Å²) in [7, 11) is 0. The van der Waals surface area contributed by atoms with Crippen molar-refractivity contribution in [1.29, 1.82) is 0 Å². The summed E-state index contributed by atoms with van der Waals surface area (Å²) < 4.78 is 0. The summed E-state index contributed by atoms with van der Waals surface area (Å²) in [6.07, 6.45) is 0. The number of nitrogens with two attached hydrogens (primary N) is 1. The lowest BCUT2D eigenvalue weighted by atomic mass is 10.3. The van der Waals surface area contributed by atoms with E-state index in [9.17, 15) is 0 Å². The van der Waals surface area contributed by atoms with Crippen LogP contribution in [0.5, 0.6) is 0 Å². The molecule has 0 spiro atoms. The second-order valence-electron chi connectivity index (χ2n) is 2.30. The topological polar surface area (TPSA) is 41.3 Å². The Hall–Kier alpha value is -0.710. The van der Waals surface area contributed by atoms with Crippen LogP contribution in [-0.4, -0.2) is 5.88 Å². The first-order chi connectivity index (χ1) is 5.42. The molecule has 4 heteroatoms. The molecule has 0 fully saturated rings. The highest BCUT2D eigenvalue weighted by molar-refractivity contribution is 7.99. The fourth-order valence-corrected chi connectivity index (χ4v) is 2.10. The number of fused-ring (bicyclic) bond motifs is 1. The molecule has 1 heterocycles. The molecule has 1 aromatic rings. The molecule has 0 radical (unpaired) electrons. The van der Waals surface area contributed by atoms with Crippen LogP contribution < -0.4 is 16.4 Å². The quantitative estimate of drug-likeness (QED) is 0.482. The highest BCUT2D eigenvalue weighted by atomic mass is 32.2. The zero-order valence-electron chi connectivity index (χ0n) is 5.95. The first-order valence-electron chi connectivity index (χ1n) is 3.37. The summed E-state index contributed by atoms with van der Waals surface area (Å²) >= 11 is 1.78. The van der Waals surface area contributed by atoms with Gasteiger partial charge in [0, 0.05) is 4.90 Å². The van der Waals surface area contributed by atoms with Crippen LogP contribution in [0.2, 0.25) is 0 Å². The molecule has 0 saturated carbocycles. The van der Waals surface area contributed by atoms with Crippen molar-refractivity contribution in [2.24, 2.45) is 5.84 Å². The lowest BCUT2D eigenvalue weighted by molar-refractivity contribution is 0.713. The molecule has 0 saturated heterocycles. The number of hydrazine groups is 2. The average molecular weight is 167 g/mol. The molecule has 0 amide bonds. The molecule has 3 nitrogen and oxygen atoms in total. The van der Waals surface area contributed by atoms with E-state index in [-0.39, 0.29) is 0 Å². The molecular weight excluding hydrogens is 158 g/mol. The predicted molar refractivity (Wildman–Crippen MR) is 47.0 cm³/mol. The fraction of sp³-hybridized carbons (Fsp3) is 0.143. The Morgan fingerprint density at radius 3 is 3.09 bits per heavy atom. The molecule has 3 N–H and O–H groups in total. The van der Waals surface area contributed by atoms with Crippen LogP contribution in [-0.2, 0) is 0 Å². The second kappa shape index (κ2) is 2.73. The number of hydrogen-bond donors (Lipinski definition) is 2. The number of anilines is 1. The van der Waals surface area contributed by atoms with Crippen LogP contribution in [0.3, 0.4) is 0 Å². The molecular formula is C7H9N3S. The fourth-order valence-electron chi connectivity index (χ4n) is 1.11. The highest BCUT2D eigenvalue weighted by Gasteiger charge is 2.16. The van der Waals surface area contributed by atoms with Gasteiger partial charge in [0.15, 0.2) is 0 Å². The lowest BCUT2D eigenvalue weighted by Gasteiger charge is -2.14. The zero-order valence-corrected chi connectivity index (χ0v) is 6.77. The highest BCUT2D eigenvalue weighted by Crippen LogP contribution is 2.36. The van der Waals surface area contributed by atoms with Gasteiger partial charge in [0.05, 0.1) is 11.6 Å². The Labute approximate surface area is 69.5 Å². The van der Waals surface area contributed by atoms with Crippen LogP contribution in [0.25, 0.3) is 0 Å². The van der Waals surface area contributed by atoms with Gasteiger partial charge in [-0.15, -0.1) is 11.8 Å². The van der Waals surface area contributed by atoms with Gasteiger partial charge in [-0.05, 0) is 12.1 Å². The monoisotopic (exact) mass is 167 g/mol. The average Bonchev–Trinajstić information content (AvgIpc) is 2.47. The van der Waals surface area contributed by atoms with E-state index in [2.05, 4.69) is 17.7 Å². The lowest BCUT2D eigenvalue weighted by Crippen LogP contribution is -2.41. The second-order valence-corrected chi connectivity index (χ2v) is 3.28. The van der Waals surface area contributed by atoms with Crippen molar-refractivity contribution in [1.82, 2.24) is 5.53 Å². The Balaban J connectivity index is 2.39. The first kappa shape index (κ1) is 6.97. The Bertz CT molecular complexity index is 264. The van der Waals surface area contributed by atoms with Crippen LogP contribution in [0.15, 0.2) is 29.2 Å². The molecule has 0 bridgehead atoms. The summed E-state index contributed by atoms with van der Waals surface area (Å²) in [6.45, 7) is 0. The number of benzene rings is 1. The van der Waals surface area contributed by atoms with Crippen molar-refractivity contribution in [2.45, 2.75) is 4.90 Å². The van der Waals surface area contributed by atoms with E-state index in [0.29, 0.717) is 0 Å². The van der Waals surface area contributed by atoms with Gasteiger partial charge in [-0.3, -0.25) is 10.9 Å². The number of thioether (sulfide) groups is 1. The molecule has 1 aliphatic heterocycles. The Kier molecular flexibility index (Phi) is 1.73. The van der Waals surface area contributed by atoms with E-state index in [1.165, 1.54) is 10.6 Å². The van der Waals surface area contributed by atoms with Crippen LogP contribution >= 0.6 is 11.8 Å². The third-order valence-electron chi connectivity index (χ3n) is 1.66. The van der Waals surface area contributed by atoms with E-state index in [4.69, 9.17) is 5.84 Å². The van der Waals surface area contributed by atoms with E-state index in [1.54, 1.807) is 11.8 Å². The van der Waals surface area contributed by atoms with Crippen LogP contribution in [0, 0.1) is 0 Å². The number of hydrogen-bond acceptors (Lipinski definition) is 4. The van der Waals surface area contributed by atoms with Crippen LogP contribution in [0.4, 0.5) is 5.69 Å². The smallest absolute Gasteiger partial charge is 0.0860 e. The van der Waals surface area contributed by atoms with Gasteiger partial charge in [0.2, 0.25) is 0 Å². The van der Waals surface area contributed by atoms with E-state index < -0.39 is 0 Å². The predicted octanol–water partition coefficient (Wildman–Crippen LogP) is 0.934. The molecule has 0 aliphatic carbocycles. The minimum absolute atomic E-state index is 0.885. The molecule has 1 aliphatic rings. The molecule has 2 rings (SSSR count). The minimum atomic E-state index is 0.885. The normalized spacial score (nSPS) is 15.2. The molecule has 1 aromatic carbocycles. The van der Waals surface area contributed by atoms with Crippen molar-refractivity contribution in [3.05, 3.63) is 24.3 Å². The third kappa shape index (κ3) is 1.09. The van der Waals surface area contributed by atoms with Crippen molar-refractivity contribution >= 4 is 17.4 Å². The summed E-state index contributed by atoms with van der Waals surface area (Å²) in [4.78, 5) is 1.28. The molecule has 58 valence electrons. The maximum absolute atomic E-state index is 5.31. The number of nitrogens with zero attached hydrogens (tertiary/aromatic N) is 1. The maximum atomic E-state index is 5.31. The summed E-state index contributed by atoms with van der Waals surface area (Å²) in [5.41, 5.74) is 3.80. The minimum Gasteiger partial charge on any atom is -0.284 e. The summed E-state index contributed by atoms with van der Waals surface area (Å²) in [5, 5.41) is 1.92. The molecule has 0 aromatic heterocycles. The SMILES string of the molecule is NNN1CSc2ccccc21. The maximum Gasteiger partial charge on any atom is 0.0860 e. The van der Waals surface area contributed by atoms with Crippen molar-refractivity contribution < 1.29 is 0 Å². The van der Waals surface area contributed by atoms with Crippen molar-refractivity contribution in [3.63, 3.8) is 0 Å². The van der Waals surface area contributed by atoms with Gasteiger partial charge in [-0.2, -0.15) is 5.53 Å². The Morgan fingerprint density at radius 1 is 1.45 bits per heavy atom. The van der Waals surface area contributed by atoms with Gasteiger partial charge in [-0.1, -0.05) is 12.1 Å². The standard InChI is InChI=1S/C7H9N3S/c8-9-10-5-11-7-4-2-1-3-6(7)10/h1-4,9H,5,8H2.